The monoisotopic (exact) mass is 340 g/mol. The van der Waals surface area contributed by atoms with Crippen LogP contribution in [0.3, 0.4) is 0 Å². The number of fused-ring (bicyclic) bond motifs is 1. The Morgan fingerprint density at radius 1 is 0.920 bits per heavy atom. The van der Waals surface area contributed by atoms with Crippen molar-refractivity contribution in [3.8, 4) is 28.5 Å². The van der Waals surface area contributed by atoms with E-state index in [2.05, 4.69) is 9.97 Å². The van der Waals surface area contributed by atoms with E-state index in [1.807, 2.05) is 24.3 Å². The predicted octanol–water partition coefficient (Wildman–Crippen LogP) is 2.36. The van der Waals surface area contributed by atoms with Gasteiger partial charge in [0.1, 0.15) is 0 Å². The van der Waals surface area contributed by atoms with Gasteiger partial charge < -0.3 is 25.7 Å². The van der Waals surface area contributed by atoms with Gasteiger partial charge in [0.15, 0.2) is 11.5 Å². The Kier molecular flexibility index (Phi) is 4.58. The Labute approximate surface area is 145 Å². The van der Waals surface area contributed by atoms with Gasteiger partial charge in [-0.1, -0.05) is 24.3 Å². The Morgan fingerprint density at radius 3 is 2.16 bits per heavy atom. The highest BCUT2D eigenvalue weighted by Gasteiger charge is 2.21. The SMILES string of the molecule is COc1cc2nc(N)nc(-c3ccc(CN)cc3)c2c(OC)c1OC. The fraction of sp³-hybridized carbons (Fsp3) is 0.222. The van der Waals surface area contributed by atoms with Crippen molar-refractivity contribution < 1.29 is 14.2 Å². The summed E-state index contributed by atoms with van der Waals surface area (Å²) in [6.07, 6.45) is 0. The standard InChI is InChI=1S/C18H20N4O3/c1-23-13-8-12-14(17(25-3)16(13)24-2)15(22-18(20)21-12)11-6-4-10(9-19)5-7-11/h4-8H,9,19H2,1-3H3,(H2,20,21,22). The smallest absolute Gasteiger partial charge is 0.221 e. The van der Waals surface area contributed by atoms with Gasteiger partial charge in [-0.25, -0.2) is 9.97 Å². The molecule has 0 amide bonds. The van der Waals surface area contributed by atoms with Crippen LogP contribution in [0.25, 0.3) is 22.2 Å². The quantitative estimate of drug-likeness (QED) is 0.734. The van der Waals surface area contributed by atoms with E-state index >= 15 is 0 Å². The first-order chi connectivity index (χ1) is 12.1. The number of hydrogen-bond donors (Lipinski definition) is 2. The summed E-state index contributed by atoms with van der Waals surface area (Å²) >= 11 is 0. The Balaban J connectivity index is 2.37. The van der Waals surface area contributed by atoms with E-state index in [4.69, 9.17) is 25.7 Å². The van der Waals surface area contributed by atoms with Gasteiger partial charge in [-0.2, -0.15) is 0 Å². The van der Waals surface area contributed by atoms with E-state index in [-0.39, 0.29) is 5.95 Å². The lowest BCUT2D eigenvalue weighted by Gasteiger charge is -2.16. The van der Waals surface area contributed by atoms with Crippen molar-refractivity contribution in [3.63, 3.8) is 0 Å². The number of hydrogen-bond acceptors (Lipinski definition) is 7. The summed E-state index contributed by atoms with van der Waals surface area (Å²) in [5, 5.41) is 0.704. The molecule has 7 nitrogen and oxygen atoms in total. The molecule has 0 unspecified atom stereocenters. The maximum absolute atomic E-state index is 5.92. The second kappa shape index (κ2) is 6.82. The normalized spacial score (nSPS) is 10.7. The van der Waals surface area contributed by atoms with Crippen molar-refractivity contribution in [2.24, 2.45) is 5.73 Å². The number of anilines is 1. The van der Waals surface area contributed by atoms with Crippen LogP contribution in [-0.4, -0.2) is 31.3 Å². The molecule has 130 valence electrons. The molecule has 0 saturated carbocycles. The van der Waals surface area contributed by atoms with Crippen LogP contribution >= 0.6 is 0 Å². The number of aromatic nitrogens is 2. The van der Waals surface area contributed by atoms with E-state index in [1.54, 1.807) is 27.4 Å². The second-order valence-corrected chi connectivity index (χ2v) is 5.37. The summed E-state index contributed by atoms with van der Waals surface area (Å²) in [5.41, 5.74) is 14.8. The minimum Gasteiger partial charge on any atom is -0.493 e. The largest absolute Gasteiger partial charge is 0.493 e. The van der Waals surface area contributed by atoms with E-state index in [9.17, 15) is 0 Å². The highest BCUT2D eigenvalue weighted by atomic mass is 16.5. The lowest BCUT2D eigenvalue weighted by atomic mass is 10.0. The maximum Gasteiger partial charge on any atom is 0.221 e. The lowest BCUT2D eigenvalue weighted by molar-refractivity contribution is 0.327. The molecule has 3 rings (SSSR count). The molecule has 0 radical (unpaired) electrons. The number of nitrogens with zero attached hydrogens (tertiary/aromatic N) is 2. The average Bonchev–Trinajstić information content (AvgIpc) is 2.65. The molecule has 0 saturated heterocycles. The number of nitrogens with two attached hydrogens (primary N) is 2. The van der Waals surface area contributed by atoms with Crippen molar-refractivity contribution in [1.29, 1.82) is 0 Å². The third-order valence-corrected chi connectivity index (χ3v) is 3.97. The molecule has 2 aromatic carbocycles. The van der Waals surface area contributed by atoms with Crippen molar-refractivity contribution in [3.05, 3.63) is 35.9 Å². The van der Waals surface area contributed by atoms with Crippen LogP contribution in [0.4, 0.5) is 5.95 Å². The zero-order valence-corrected chi connectivity index (χ0v) is 14.4. The molecule has 1 aromatic heterocycles. The molecule has 25 heavy (non-hydrogen) atoms. The number of ether oxygens (including phenoxy) is 3. The van der Waals surface area contributed by atoms with Gasteiger partial charge in [0.25, 0.3) is 0 Å². The van der Waals surface area contributed by atoms with E-state index in [0.717, 1.165) is 11.1 Å². The first-order valence-corrected chi connectivity index (χ1v) is 7.68. The summed E-state index contributed by atoms with van der Waals surface area (Å²) in [4.78, 5) is 8.74. The minimum atomic E-state index is 0.166. The van der Waals surface area contributed by atoms with Crippen molar-refractivity contribution in [1.82, 2.24) is 9.97 Å². The fourth-order valence-electron chi connectivity index (χ4n) is 2.79. The molecule has 0 atom stereocenters. The molecule has 0 bridgehead atoms. The summed E-state index contributed by atoms with van der Waals surface area (Å²) in [5.74, 6) is 1.65. The molecule has 4 N–H and O–H groups in total. The van der Waals surface area contributed by atoms with Crippen LogP contribution in [0, 0.1) is 0 Å². The van der Waals surface area contributed by atoms with Gasteiger partial charge in [-0.3, -0.25) is 0 Å². The molecular formula is C18H20N4O3. The topological polar surface area (TPSA) is 106 Å². The van der Waals surface area contributed by atoms with Crippen LogP contribution in [0.5, 0.6) is 17.2 Å². The molecular weight excluding hydrogens is 320 g/mol. The molecule has 0 aliphatic heterocycles. The highest BCUT2D eigenvalue weighted by molar-refractivity contribution is 6.00. The first kappa shape index (κ1) is 16.8. The van der Waals surface area contributed by atoms with Crippen LogP contribution < -0.4 is 25.7 Å². The molecule has 0 fully saturated rings. The highest BCUT2D eigenvalue weighted by Crippen LogP contribution is 2.45. The summed E-state index contributed by atoms with van der Waals surface area (Å²) < 4.78 is 16.4. The van der Waals surface area contributed by atoms with Gasteiger partial charge in [-0.05, 0) is 5.56 Å². The second-order valence-electron chi connectivity index (χ2n) is 5.37. The van der Waals surface area contributed by atoms with E-state index < -0.39 is 0 Å². The summed E-state index contributed by atoms with van der Waals surface area (Å²) in [6.45, 7) is 0.473. The van der Waals surface area contributed by atoms with Gasteiger partial charge in [0.2, 0.25) is 11.7 Å². The zero-order valence-electron chi connectivity index (χ0n) is 14.4. The first-order valence-electron chi connectivity index (χ1n) is 7.68. The van der Waals surface area contributed by atoms with E-state index in [0.29, 0.717) is 40.4 Å². The van der Waals surface area contributed by atoms with Crippen LogP contribution in [0.1, 0.15) is 5.56 Å². The minimum absolute atomic E-state index is 0.166. The van der Waals surface area contributed by atoms with Gasteiger partial charge in [0, 0.05) is 18.2 Å². The number of nitrogen functional groups attached to an aromatic ring is 1. The van der Waals surface area contributed by atoms with Crippen LogP contribution in [-0.2, 0) is 6.54 Å². The number of benzene rings is 2. The number of methoxy groups -OCH3 is 3. The molecule has 3 aromatic rings. The molecule has 0 spiro atoms. The van der Waals surface area contributed by atoms with Gasteiger partial charge in [0.05, 0.1) is 37.9 Å². The van der Waals surface area contributed by atoms with E-state index in [1.165, 1.54) is 0 Å². The third kappa shape index (κ3) is 2.89. The molecule has 0 aliphatic rings. The van der Waals surface area contributed by atoms with Gasteiger partial charge >= 0.3 is 0 Å². The zero-order chi connectivity index (χ0) is 18.0. The van der Waals surface area contributed by atoms with Crippen molar-refractivity contribution in [2.45, 2.75) is 6.54 Å². The lowest BCUT2D eigenvalue weighted by Crippen LogP contribution is -2.02. The Morgan fingerprint density at radius 2 is 1.60 bits per heavy atom. The van der Waals surface area contributed by atoms with Crippen LogP contribution in [0.2, 0.25) is 0 Å². The number of rotatable bonds is 5. The maximum atomic E-state index is 5.92. The average molecular weight is 340 g/mol. The Bertz CT molecular complexity index is 911. The van der Waals surface area contributed by atoms with Crippen molar-refractivity contribution in [2.75, 3.05) is 27.1 Å². The van der Waals surface area contributed by atoms with Crippen LogP contribution in [0.15, 0.2) is 30.3 Å². The molecule has 0 aliphatic carbocycles. The summed E-state index contributed by atoms with van der Waals surface area (Å²) in [7, 11) is 4.68. The van der Waals surface area contributed by atoms with Crippen molar-refractivity contribution >= 4 is 16.9 Å². The molecule has 7 heteroatoms. The Hall–Kier alpha value is -3.06. The predicted molar refractivity (Wildman–Crippen MR) is 96.9 cm³/mol. The third-order valence-electron chi connectivity index (χ3n) is 3.97. The fourth-order valence-corrected chi connectivity index (χ4v) is 2.79. The molecule has 1 heterocycles. The summed E-state index contributed by atoms with van der Waals surface area (Å²) in [6, 6.07) is 9.55. The van der Waals surface area contributed by atoms with Gasteiger partial charge in [-0.15, -0.1) is 0 Å².